The predicted octanol–water partition coefficient (Wildman–Crippen LogP) is 4.59. The summed E-state index contributed by atoms with van der Waals surface area (Å²) in [6.45, 7) is 4.48. The van der Waals surface area contributed by atoms with Gasteiger partial charge in [0.05, 0.1) is 5.52 Å². The van der Waals surface area contributed by atoms with Gasteiger partial charge >= 0.3 is 0 Å². The van der Waals surface area contributed by atoms with Crippen molar-refractivity contribution in [1.29, 1.82) is 0 Å². The van der Waals surface area contributed by atoms with Gasteiger partial charge in [-0.2, -0.15) is 0 Å². The second-order valence-electron chi connectivity index (χ2n) is 5.22. The van der Waals surface area contributed by atoms with E-state index < -0.39 is 0 Å². The third-order valence-electron chi connectivity index (χ3n) is 3.29. The van der Waals surface area contributed by atoms with Gasteiger partial charge in [-0.1, -0.05) is 56.3 Å². The average molecular weight is 235 g/mol. The highest BCUT2D eigenvalue weighted by Gasteiger charge is 2.08. The molecule has 1 heterocycles. The molecule has 0 saturated carbocycles. The summed E-state index contributed by atoms with van der Waals surface area (Å²) < 4.78 is 0. The standard InChI is InChI=1S/C17H17N/c1-12(2)11-17-15-9-4-3-7-13(15)14-8-5-6-10-16(14)18-17/h3-10,12H,11H2,1-2H3. The van der Waals surface area contributed by atoms with Crippen molar-refractivity contribution in [2.24, 2.45) is 5.92 Å². The molecule has 0 bridgehead atoms. The fourth-order valence-corrected chi connectivity index (χ4v) is 2.52. The third-order valence-corrected chi connectivity index (χ3v) is 3.29. The average Bonchev–Trinajstić information content (AvgIpc) is 2.38. The molecular formula is C17H17N. The number of nitrogens with zero attached hydrogens (tertiary/aromatic N) is 1. The number of fused-ring (bicyclic) bond motifs is 3. The van der Waals surface area contributed by atoms with Crippen LogP contribution in [0.4, 0.5) is 0 Å². The molecule has 0 saturated heterocycles. The molecule has 0 radical (unpaired) electrons. The molecule has 0 aliphatic heterocycles. The van der Waals surface area contributed by atoms with Gasteiger partial charge in [-0.05, 0) is 23.8 Å². The zero-order valence-corrected chi connectivity index (χ0v) is 10.9. The first-order chi connectivity index (χ1) is 8.75. The van der Waals surface area contributed by atoms with Crippen LogP contribution in [0.2, 0.25) is 0 Å². The summed E-state index contributed by atoms with van der Waals surface area (Å²) in [5.74, 6) is 0.627. The summed E-state index contributed by atoms with van der Waals surface area (Å²) in [5, 5.41) is 3.87. The number of pyridine rings is 1. The fraction of sp³-hybridized carbons (Fsp3) is 0.235. The van der Waals surface area contributed by atoms with E-state index in [-0.39, 0.29) is 0 Å². The van der Waals surface area contributed by atoms with Gasteiger partial charge in [0.2, 0.25) is 0 Å². The Morgan fingerprint density at radius 1 is 0.833 bits per heavy atom. The van der Waals surface area contributed by atoms with Crippen LogP contribution in [0, 0.1) is 5.92 Å². The summed E-state index contributed by atoms with van der Waals surface area (Å²) in [5.41, 5.74) is 2.33. The van der Waals surface area contributed by atoms with Crippen LogP contribution in [-0.4, -0.2) is 4.98 Å². The van der Waals surface area contributed by atoms with Crippen molar-refractivity contribution in [3.05, 3.63) is 54.2 Å². The zero-order valence-electron chi connectivity index (χ0n) is 10.9. The van der Waals surface area contributed by atoms with Crippen molar-refractivity contribution in [1.82, 2.24) is 4.98 Å². The Hall–Kier alpha value is -1.89. The summed E-state index contributed by atoms with van der Waals surface area (Å²) in [4.78, 5) is 4.84. The smallest absolute Gasteiger partial charge is 0.0711 e. The topological polar surface area (TPSA) is 12.9 Å². The van der Waals surface area contributed by atoms with Gasteiger partial charge in [0.15, 0.2) is 0 Å². The van der Waals surface area contributed by atoms with Crippen LogP contribution < -0.4 is 0 Å². The van der Waals surface area contributed by atoms with Crippen molar-refractivity contribution >= 4 is 21.7 Å². The van der Waals surface area contributed by atoms with E-state index in [1.54, 1.807) is 0 Å². The molecule has 18 heavy (non-hydrogen) atoms. The number of aromatic nitrogens is 1. The van der Waals surface area contributed by atoms with E-state index in [2.05, 4.69) is 62.4 Å². The van der Waals surface area contributed by atoms with E-state index in [1.165, 1.54) is 21.9 Å². The maximum Gasteiger partial charge on any atom is 0.0711 e. The van der Waals surface area contributed by atoms with Gasteiger partial charge in [-0.3, -0.25) is 4.98 Å². The highest BCUT2D eigenvalue weighted by molar-refractivity contribution is 6.06. The molecule has 0 unspecified atom stereocenters. The molecule has 0 atom stereocenters. The number of hydrogen-bond donors (Lipinski definition) is 0. The summed E-state index contributed by atoms with van der Waals surface area (Å²) in [6, 6.07) is 17.0. The Labute approximate surface area is 107 Å². The fourth-order valence-electron chi connectivity index (χ4n) is 2.52. The minimum absolute atomic E-state index is 0.627. The lowest BCUT2D eigenvalue weighted by Crippen LogP contribution is -1.99. The minimum atomic E-state index is 0.627. The van der Waals surface area contributed by atoms with Crippen molar-refractivity contribution in [2.75, 3.05) is 0 Å². The maximum absolute atomic E-state index is 4.84. The third kappa shape index (κ3) is 1.86. The minimum Gasteiger partial charge on any atom is -0.252 e. The van der Waals surface area contributed by atoms with Crippen LogP contribution in [0.25, 0.3) is 21.7 Å². The molecule has 90 valence electrons. The van der Waals surface area contributed by atoms with Crippen LogP contribution >= 0.6 is 0 Å². The van der Waals surface area contributed by atoms with Crippen molar-refractivity contribution in [3.8, 4) is 0 Å². The lowest BCUT2D eigenvalue weighted by Gasteiger charge is -2.11. The van der Waals surface area contributed by atoms with Crippen molar-refractivity contribution in [2.45, 2.75) is 20.3 Å². The molecule has 0 aliphatic carbocycles. The van der Waals surface area contributed by atoms with Crippen LogP contribution in [0.5, 0.6) is 0 Å². The quantitative estimate of drug-likeness (QED) is 0.592. The van der Waals surface area contributed by atoms with E-state index >= 15 is 0 Å². The first-order valence-electron chi connectivity index (χ1n) is 6.52. The normalized spacial score (nSPS) is 11.5. The Morgan fingerprint density at radius 3 is 2.17 bits per heavy atom. The van der Waals surface area contributed by atoms with E-state index in [0.717, 1.165) is 11.9 Å². The zero-order chi connectivity index (χ0) is 12.5. The summed E-state index contributed by atoms with van der Waals surface area (Å²) in [7, 11) is 0. The Morgan fingerprint density at radius 2 is 1.44 bits per heavy atom. The number of rotatable bonds is 2. The van der Waals surface area contributed by atoms with Gasteiger partial charge in [0.25, 0.3) is 0 Å². The first kappa shape index (κ1) is 11.2. The van der Waals surface area contributed by atoms with Crippen LogP contribution in [0.1, 0.15) is 19.5 Å². The lowest BCUT2D eigenvalue weighted by atomic mass is 9.99. The molecule has 3 aromatic rings. The molecule has 1 aromatic heterocycles. The molecular weight excluding hydrogens is 218 g/mol. The molecule has 0 amide bonds. The summed E-state index contributed by atoms with van der Waals surface area (Å²) >= 11 is 0. The van der Waals surface area contributed by atoms with Crippen LogP contribution in [0.3, 0.4) is 0 Å². The second-order valence-corrected chi connectivity index (χ2v) is 5.22. The number of benzene rings is 2. The van der Waals surface area contributed by atoms with Crippen molar-refractivity contribution < 1.29 is 0 Å². The maximum atomic E-state index is 4.84. The molecule has 0 N–H and O–H groups in total. The van der Waals surface area contributed by atoms with Crippen LogP contribution in [-0.2, 0) is 6.42 Å². The second kappa shape index (κ2) is 4.41. The Balaban J connectivity index is 2.39. The van der Waals surface area contributed by atoms with Gasteiger partial charge in [-0.15, -0.1) is 0 Å². The predicted molar refractivity (Wildman–Crippen MR) is 77.8 cm³/mol. The van der Waals surface area contributed by atoms with E-state index in [9.17, 15) is 0 Å². The molecule has 1 heteroatoms. The lowest BCUT2D eigenvalue weighted by molar-refractivity contribution is 0.640. The van der Waals surface area contributed by atoms with E-state index in [0.29, 0.717) is 5.92 Å². The van der Waals surface area contributed by atoms with Gasteiger partial charge in [0.1, 0.15) is 0 Å². The van der Waals surface area contributed by atoms with Gasteiger partial charge in [0, 0.05) is 16.5 Å². The number of hydrogen-bond acceptors (Lipinski definition) is 1. The molecule has 0 spiro atoms. The van der Waals surface area contributed by atoms with E-state index in [1.807, 2.05) is 0 Å². The summed E-state index contributed by atoms with van der Waals surface area (Å²) in [6.07, 6.45) is 1.03. The monoisotopic (exact) mass is 235 g/mol. The Kier molecular flexibility index (Phi) is 2.75. The van der Waals surface area contributed by atoms with Crippen molar-refractivity contribution in [3.63, 3.8) is 0 Å². The molecule has 0 fully saturated rings. The van der Waals surface area contributed by atoms with E-state index in [4.69, 9.17) is 4.98 Å². The highest BCUT2D eigenvalue weighted by atomic mass is 14.7. The number of para-hydroxylation sites is 1. The SMILES string of the molecule is CC(C)Cc1nc2ccccc2c2ccccc12. The first-order valence-corrected chi connectivity index (χ1v) is 6.52. The molecule has 0 aliphatic rings. The Bertz CT molecular complexity index is 698. The highest BCUT2D eigenvalue weighted by Crippen LogP contribution is 2.27. The molecule has 1 nitrogen and oxygen atoms in total. The van der Waals surface area contributed by atoms with Gasteiger partial charge in [-0.25, -0.2) is 0 Å². The molecule has 2 aromatic carbocycles. The molecule has 3 rings (SSSR count). The largest absolute Gasteiger partial charge is 0.252 e. The van der Waals surface area contributed by atoms with Gasteiger partial charge < -0.3 is 0 Å². The van der Waals surface area contributed by atoms with Crippen LogP contribution in [0.15, 0.2) is 48.5 Å².